The Morgan fingerprint density at radius 2 is 1.81 bits per heavy atom. The van der Waals surface area contributed by atoms with Gasteiger partial charge in [0.25, 0.3) is 0 Å². The van der Waals surface area contributed by atoms with Crippen LogP contribution in [0, 0.1) is 0 Å². The number of nitrogens with zero attached hydrogens (tertiary/aromatic N) is 1. The minimum atomic E-state index is -1.03. The molecule has 0 heterocycles. The van der Waals surface area contributed by atoms with E-state index in [-0.39, 0.29) is 13.1 Å². The van der Waals surface area contributed by atoms with Gasteiger partial charge in [-0.1, -0.05) is 11.6 Å². The molecule has 0 aliphatic rings. The molecular weight excluding hydrogens is 232 g/mol. The molecule has 16 heavy (non-hydrogen) atoms. The third-order valence-electron chi connectivity index (χ3n) is 1.86. The molecule has 0 spiro atoms. The van der Waals surface area contributed by atoms with Crippen molar-refractivity contribution in [3.8, 4) is 0 Å². The number of rotatable bonds is 5. The highest BCUT2D eigenvalue weighted by molar-refractivity contribution is 6.30. The lowest BCUT2D eigenvalue weighted by Gasteiger charge is -2.20. The van der Waals surface area contributed by atoms with E-state index < -0.39 is 11.9 Å². The first-order chi connectivity index (χ1) is 7.49. The van der Waals surface area contributed by atoms with Gasteiger partial charge in [0.15, 0.2) is 0 Å². The van der Waals surface area contributed by atoms with Crippen molar-refractivity contribution < 1.29 is 14.7 Å². The minimum absolute atomic E-state index is 0.145. The number of aliphatic carboxylic acids is 1. The van der Waals surface area contributed by atoms with Crippen molar-refractivity contribution in [2.45, 2.75) is 0 Å². The first kappa shape index (κ1) is 12.3. The van der Waals surface area contributed by atoms with Crippen molar-refractivity contribution in [2.24, 2.45) is 5.73 Å². The Labute approximate surface area is 97.4 Å². The zero-order chi connectivity index (χ0) is 12.1. The van der Waals surface area contributed by atoms with Crippen molar-refractivity contribution in [1.29, 1.82) is 0 Å². The lowest BCUT2D eigenvalue weighted by Crippen LogP contribution is -2.37. The molecule has 1 aromatic rings. The van der Waals surface area contributed by atoms with Gasteiger partial charge in [0.2, 0.25) is 5.91 Å². The van der Waals surface area contributed by atoms with E-state index in [1.54, 1.807) is 24.3 Å². The summed E-state index contributed by atoms with van der Waals surface area (Å²) >= 11 is 5.70. The number of nitrogens with two attached hydrogens (primary N) is 1. The van der Waals surface area contributed by atoms with Crippen LogP contribution in [0.4, 0.5) is 5.69 Å². The maximum atomic E-state index is 10.8. The van der Waals surface area contributed by atoms with E-state index in [4.69, 9.17) is 22.4 Å². The van der Waals surface area contributed by atoms with Gasteiger partial charge in [-0.05, 0) is 24.3 Å². The molecule has 5 nitrogen and oxygen atoms in total. The van der Waals surface area contributed by atoms with Crippen LogP contribution in [0.5, 0.6) is 0 Å². The number of amides is 1. The summed E-state index contributed by atoms with van der Waals surface area (Å²) in [4.78, 5) is 22.8. The van der Waals surface area contributed by atoms with E-state index in [9.17, 15) is 9.59 Å². The third-order valence-corrected chi connectivity index (χ3v) is 2.12. The van der Waals surface area contributed by atoms with Gasteiger partial charge in [-0.3, -0.25) is 9.59 Å². The Morgan fingerprint density at radius 1 is 1.25 bits per heavy atom. The van der Waals surface area contributed by atoms with Crippen LogP contribution in [-0.4, -0.2) is 30.1 Å². The van der Waals surface area contributed by atoms with E-state index in [0.29, 0.717) is 10.7 Å². The van der Waals surface area contributed by atoms with E-state index in [1.165, 1.54) is 4.90 Å². The quantitative estimate of drug-likeness (QED) is 0.797. The van der Waals surface area contributed by atoms with Crippen molar-refractivity contribution in [2.75, 3.05) is 18.0 Å². The second-order valence-corrected chi connectivity index (χ2v) is 3.63. The van der Waals surface area contributed by atoms with Crippen LogP contribution in [0.2, 0.25) is 5.02 Å². The van der Waals surface area contributed by atoms with E-state index in [0.717, 1.165) is 0 Å². The summed E-state index contributed by atoms with van der Waals surface area (Å²) in [6.07, 6.45) is 0. The van der Waals surface area contributed by atoms with Crippen molar-refractivity contribution in [1.82, 2.24) is 0 Å². The SMILES string of the molecule is NC(=O)CN(CC(=O)O)c1ccc(Cl)cc1. The number of carboxylic acid groups (broad SMARTS) is 1. The Bertz CT molecular complexity index is 376. The molecule has 0 unspecified atom stereocenters. The number of benzene rings is 1. The molecule has 6 heteroatoms. The number of halogens is 1. The number of carbonyl (C=O) groups excluding carboxylic acids is 1. The Balaban J connectivity index is 2.86. The topological polar surface area (TPSA) is 83.6 Å². The van der Waals surface area contributed by atoms with Crippen LogP contribution in [0.3, 0.4) is 0 Å². The Morgan fingerprint density at radius 3 is 2.25 bits per heavy atom. The molecular formula is C10H11ClN2O3. The molecule has 0 fully saturated rings. The van der Waals surface area contributed by atoms with Crippen molar-refractivity contribution in [3.63, 3.8) is 0 Å². The number of anilines is 1. The summed E-state index contributed by atoms with van der Waals surface area (Å²) in [6, 6.07) is 6.50. The number of primary amides is 1. The van der Waals surface area contributed by atoms with Gasteiger partial charge < -0.3 is 15.7 Å². The van der Waals surface area contributed by atoms with Gasteiger partial charge in [-0.25, -0.2) is 0 Å². The number of carbonyl (C=O) groups is 2. The molecule has 0 radical (unpaired) electrons. The van der Waals surface area contributed by atoms with Gasteiger partial charge in [0.1, 0.15) is 6.54 Å². The van der Waals surface area contributed by atoms with Crippen molar-refractivity contribution >= 4 is 29.2 Å². The largest absolute Gasteiger partial charge is 0.480 e. The standard InChI is InChI=1S/C10H11ClN2O3/c11-7-1-3-8(4-2-7)13(5-9(12)14)6-10(15)16/h1-4H,5-6H2,(H2,12,14)(H,15,16). The zero-order valence-corrected chi connectivity index (χ0v) is 9.15. The predicted molar refractivity (Wildman–Crippen MR) is 60.5 cm³/mol. The first-order valence-corrected chi connectivity index (χ1v) is 4.87. The highest BCUT2D eigenvalue weighted by Crippen LogP contribution is 2.17. The molecule has 3 N–H and O–H groups in total. The fourth-order valence-electron chi connectivity index (χ4n) is 1.24. The van der Waals surface area contributed by atoms with Crippen LogP contribution in [0.1, 0.15) is 0 Å². The maximum Gasteiger partial charge on any atom is 0.323 e. The van der Waals surface area contributed by atoms with Gasteiger partial charge in [-0.15, -0.1) is 0 Å². The zero-order valence-electron chi connectivity index (χ0n) is 8.39. The lowest BCUT2D eigenvalue weighted by molar-refractivity contribution is -0.135. The summed E-state index contributed by atoms with van der Waals surface area (Å²) in [7, 11) is 0. The van der Waals surface area contributed by atoms with Gasteiger partial charge in [0.05, 0.1) is 6.54 Å². The highest BCUT2D eigenvalue weighted by Gasteiger charge is 2.12. The highest BCUT2D eigenvalue weighted by atomic mass is 35.5. The molecule has 0 aliphatic carbocycles. The fraction of sp³-hybridized carbons (Fsp3) is 0.200. The van der Waals surface area contributed by atoms with Gasteiger partial charge in [-0.2, -0.15) is 0 Å². The number of carboxylic acids is 1. The monoisotopic (exact) mass is 242 g/mol. The molecule has 0 atom stereocenters. The molecule has 1 rings (SSSR count). The fourth-order valence-corrected chi connectivity index (χ4v) is 1.37. The summed E-state index contributed by atoms with van der Waals surface area (Å²) in [5.41, 5.74) is 5.63. The normalized spacial score (nSPS) is 9.81. The molecule has 0 aliphatic heterocycles. The van der Waals surface area contributed by atoms with Crippen molar-refractivity contribution in [3.05, 3.63) is 29.3 Å². The minimum Gasteiger partial charge on any atom is -0.480 e. The number of hydrogen-bond donors (Lipinski definition) is 2. The molecule has 0 bridgehead atoms. The van der Waals surface area contributed by atoms with Crippen LogP contribution in [0.25, 0.3) is 0 Å². The predicted octanol–water partition coefficient (Wildman–Crippen LogP) is 0.716. The summed E-state index contributed by atoms with van der Waals surface area (Å²) < 4.78 is 0. The molecule has 86 valence electrons. The first-order valence-electron chi connectivity index (χ1n) is 4.49. The maximum absolute atomic E-state index is 10.8. The van der Waals surface area contributed by atoms with Crippen LogP contribution in [-0.2, 0) is 9.59 Å². The second-order valence-electron chi connectivity index (χ2n) is 3.19. The summed E-state index contributed by atoms with van der Waals surface area (Å²) in [5.74, 6) is -1.62. The average molecular weight is 243 g/mol. The van der Waals surface area contributed by atoms with Gasteiger partial charge >= 0.3 is 5.97 Å². The van der Waals surface area contributed by atoms with Crippen LogP contribution in [0.15, 0.2) is 24.3 Å². The molecule has 0 aromatic heterocycles. The molecule has 0 saturated carbocycles. The Kier molecular flexibility index (Phi) is 4.13. The van der Waals surface area contributed by atoms with E-state index in [1.807, 2.05) is 0 Å². The van der Waals surface area contributed by atoms with Gasteiger partial charge in [0, 0.05) is 10.7 Å². The summed E-state index contributed by atoms with van der Waals surface area (Å²) in [6.45, 7) is -0.432. The average Bonchev–Trinajstić information content (AvgIpc) is 2.16. The smallest absolute Gasteiger partial charge is 0.323 e. The molecule has 1 amide bonds. The molecule has 0 saturated heterocycles. The van der Waals surface area contributed by atoms with Crippen LogP contribution < -0.4 is 10.6 Å². The third kappa shape index (κ3) is 3.78. The molecule has 1 aromatic carbocycles. The lowest BCUT2D eigenvalue weighted by atomic mass is 10.3. The van der Waals surface area contributed by atoms with Crippen LogP contribution >= 0.6 is 11.6 Å². The number of hydrogen-bond acceptors (Lipinski definition) is 3. The second kappa shape index (κ2) is 5.37. The van der Waals surface area contributed by atoms with E-state index in [2.05, 4.69) is 0 Å². The summed E-state index contributed by atoms with van der Waals surface area (Å²) in [5, 5.41) is 9.23. The van der Waals surface area contributed by atoms with E-state index >= 15 is 0 Å². The Hall–Kier alpha value is -1.75.